The van der Waals surface area contributed by atoms with Crippen LogP contribution in [0.2, 0.25) is 0 Å². The molecule has 0 radical (unpaired) electrons. The van der Waals surface area contributed by atoms with E-state index in [1.54, 1.807) is 0 Å². The van der Waals surface area contributed by atoms with E-state index < -0.39 is 0 Å². The first-order valence-electron chi connectivity index (χ1n) is 5.64. The average molecular weight is 226 g/mol. The van der Waals surface area contributed by atoms with Crippen molar-refractivity contribution in [1.29, 1.82) is 0 Å². The Bertz CT molecular complexity index is 712. The molecule has 0 aliphatic rings. The molecule has 1 aromatic carbocycles. The number of aryl methyl sites for hydroxylation is 2. The van der Waals surface area contributed by atoms with Gasteiger partial charge >= 0.3 is 0 Å². The van der Waals surface area contributed by atoms with Gasteiger partial charge in [0.1, 0.15) is 11.3 Å². The van der Waals surface area contributed by atoms with Crippen LogP contribution in [0.3, 0.4) is 0 Å². The smallest absolute Gasteiger partial charge is 0.152 e. The molecular weight excluding hydrogens is 212 g/mol. The molecule has 0 saturated heterocycles. The molecule has 0 fully saturated rings. The number of hydrogen-bond acceptors (Lipinski definition) is 3. The van der Waals surface area contributed by atoms with Crippen LogP contribution in [0.5, 0.6) is 0 Å². The van der Waals surface area contributed by atoms with E-state index in [1.165, 1.54) is 0 Å². The largest absolute Gasteiger partial charge is 0.371 e. The van der Waals surface area contributed by atoms with E-state index in [0.717, 1.165) is 33.9 Å². The molecule has 0 amide bonds. The third-order valence-electron chi connectivity index (χ3n) is 3.04. The Kier molecular flexibility index (Phi) is 2.04. The molecule has 0 saturated carbocycles. The van der Waals surface area contributed by atoms with Crippen molar-refractivity contribution >= 4 is 22.4 Å². The van der Waals surface area contributed by atoms with Gasteiger partial charge in [0.25, 0.3) is 0 Å². The number of rotatable bonds is 1. The minimum Gasteiger partial charge on any atom is -0.371 e. The molecule has 0 aliphatic carbocycles. The molecule has 17 heavy (non-hydrogen) atoms. The summed E-state index contributed by atoms with van der Waals surface area (Å²) < 4.78 is 2.16. The molecule has 86 valence electrons. The minimum absolute atomic E-state index is 0.877. The average Bonchev–Trinajstić information content (AvgIpc) is 2.65. The summed E-state index contributed by atoms with van der Waals surface area (Å²) in [7, 11) is 1.89. The van der Waals surface area contributed by atoms with E-state index in [9.17, 15) is 0 Å². The number of nitrogens with one attached hydrogen (secondary N) is 1. The maximum Gasteiger partial charge on any atom is 0.152 e. The third kappa shape index (κ3) is 1.30. The Balaban J connectivity index is 2.63. The zero-order chi connectivity index (χ0) is 12.0. The second kappa shape index (κ2) is 3.45. The molecule has 3 aromatic rings. The molecule has 4 heteroatoms. The number of benzene rings is 1. The van der Waals surface area contributed by atoms with Gasteiger partial charge in [-0.05, 0) is 26.0 Å². The summed E-state index contributed by atoms with van der Waals surface area (Å²) in [6.07, 6.45) is 0. The topological polar surface area (TPSA) is 42.2 Å². The van der Waals surface area contributed by atoms with E-state index in [0.29, 0.717) is 0 Å². The number of anilines is 1. The second-order valence-corrected chi connectivity index (χ2v) is 4.13. The van der Waals surface area contributed by atoms with E-state index >= 15 is 0 Å². The Morgan fingerprint density at radius 3 is 2.65 bits per heavy atom. The first kappa shape index (κ1) is 10.1. The number of fused-ring (bicyclic) bond motifs is 3. The SMILES string of the molecule is CNc1nc2ccccc2n2c(C)nc(C)c12. The second-order valence-electron chi connectivity index (χ2n) is 4.13. The number of imidazole rings is 1. The van der Waals surface area contributed by atoms with Crippen LogP contribution >= 0.6 is 0 Å². The zero-order valence-corrected chi connectivity index (χ0v) is 10.2. The molecule has 2 heterocycles. The van der Waals surface area contributed by atoms with Gasteiger partial charge in [0, 0.05) is 7.05 Å². The molecule has 0 bridgehead atoms. The monoisotopic (exact) mass is 226 g/mol. The summed E-state index contributed by atoms with van der Waals surface area (Å²) in [5.74, 6) is 1.87. The van der Waals surface area contributed by atoms with Crippen LogP contribution in [0.1, 0.15) is 11.5 Å². The van der Waals surface area contributed by atoms with Crippen molar-refractivity contribution in [3.8, 4) is 0 Å². The van der Waals surface area contributed by atoms with Gasteiger partial charge in [-0.25, -0.2) is 9.97 Å². The van der Waals surface area contributed by atoms with E-state index in [2.05, 4.69) is 25.8 Å². The van der Waals surface area contributed by atoms with Gasteiger partial charge < -0.3 is 5.32 Å². The molecule has 0 spiro atoms. The van der Waals surface area contributed by atoms with E-state index in [1.807, 2.05) is 39.1 Å². The quantitative estimate of drug-likeness (QED) is 0.693. The van der Waals surface area contributed by atoms with Crippen LogP contribution in [0.15, 0.2) is 24.3 Å². The fraction of sp³-hybridized carbons (Fsp3) is 0.231. The summed E-state index contributed by atoms with van der Waals surface area (Å²) >= 11 is 0. The van der Waals surface area contributed by atoms with Crippen molar-refractivity contribution in [3.05, 3.63) is 35.8 Å². The Hall–Kier alpha value is -2.10. The third-order valence-corrected chi connectivity index (χ3v) is 3.04. The number of para-hydroxylation sites is 2. The summed E-state index contributed by atoms with van der Waals surface area (Å²) in [5, 5.41) is 3.14. The Morgan fingerprint density at radius 2 is 1.88 bits per heavy atom. The van der Waals surface area contributed by atoms with Crippen LogP contribution in [-0.2, 0) is 0 Å². The lowest BCUT2D eigenvalue weighted by atomic mass is 10.2. The summed E-state index contributed by atoms with van der Waals surface area (Å²) in [5.41, 5.74) is 4.14. The van der Waals surface area contributed by atoms with Gasteiger partial charge in [-0.2, -0.15) is 0 Å². The lowest BCUT2D eigenvalue weighted by Gasteiger charge is -2.08. The van der Waals surface area contributed by atoms with Gasteiger partial charge in [-0.15, -0.1) is 0 Å². The van der Waals surface area contributed by atoms with Crippen molar-refractivity contribution in [2.24, 2.45) is 0 Å². The van der Waals surface area contributed by atoms with Crippen molar-refractivity contribution in [2.75, 3.05) is 12.4 Å². The summed E-state index contributed by atoms with van der Waals surface area (Å²) in [4.78, 5) is 9.16. The Morgan fingerprint density at radius 1 is 1.12 bits per heavy atom. The number of nitrogens with zero attached hydrogens (tertiary/aromatic N) is 3. The van der Waals surface area contributed by atoms with Gasteiger partial charge in [-0.3, -0.25) is 4.40 Å². The Labute approximate surface area is 99.3 Å². The fourth-order valence-electron chi connectivity index (χ4n) is 2.34. The van der Waals surface area contributed by atoms with Crippen molar-refractivity contribution in [3.63, 3.8) is 0 Å². The summed E-state index contributed by atoms with van der Waals surface area (Å²) in [6, 6.07) is 8.12. The number of aromatic nitrogens is 3. The first-order chi connectivity index (χ1) is 8.22. The van der Waals surface area contributed by atoms with Crippen LogP contribution in [0.4, 0.5) is 5.82 Å². The van der Waals surface area contributed by atoms with E-state index in [4.69, 9.17) is 0 Å². The summed E-state index contributed by atoms with van der Waals surface area (Å²) in [6.45, 7) is 4.03. The van der Waals surface area contributed by atoms with Crippen LogP contribution in [-0.4, -0.2) is 21.4 Å². The molecule has 1 N–H and O–H groups in total. The standard InChI is InChI=1S/C13H14N4/c1-8-12-13(14-3)16-10-6-4-5-7-11(10)17(12)9(2)15-8/h4-7H,1-3H3,(H,14,16). The lowest BCUT2D eigenvalue weighted by molar-refractivity contribution is 1.06. The van der Waals surface area contributed by atoms with Crippen molar-refractivity contribution in [2.45, 2.75) is 13.8 Å². The highest BCUT2D eigenvalue weighted by atomic mass is 15.1. The normalized spacial score (nSPS) is 11.2. The minimum atomic E-state index is 0.877. The first-order valence-corrected chi connectivity index (χ1v) is 5.64. The highest BCUT2D eigenvalue weighted by Gasteiger charge is 2.13. The highest BCUT2D eigenvalue weighted by Crippen LogP contribution is 2.25. The molecule has 4 nitrogen and oxygen atoms in total. The maximum absolute atomic E-state index is 4.62. The zero-order valence-electron chi connectivity index (χ0n) is 10.2. The number of hydrogen-bond donors (Lipinski definition) is 1. The van der Waals surface area contributed by atoms with Gasteiger partial charge in [0.2, 0.25) is 0 Å². The molecule has 0 aliphatic heterocycles. The molecular formula is C13H14N4. The van der Waals surface area contributed by atoms with Crippen LogP contribution in [0, 0.1) is 13.8 Å². The van der Waals surface area contributed by atoms with Crippen LogP contribution in [0.25, 0.3) is 16.6 Å². The highest BCUT2D eigenvalue weighted by molar-refractivity contribution is 5.85. The molecule has 2 aromatic heterocycles. The predicted molar refractivity (Wildman–Crippen MR) is 69.5 cm³/mol. The van der Waals surface area contributed by atoms with Gasteiger partial charge in [-0.1, -0.05) is 12.1 Å². The van der Waals surface area contributed by atoms with Crippen LogP contribution < -0.4 is 5.32 Å². The predicted octanol–water partition coefficient (Wildman–Crippen LogP) is 2.54. The van der Waals surface area contributed by atoms with E-state index in [-0.39, 0.29) is 0 Å². The molecule has 0 unspecified atom stereocenters. The maximum atomic E-state index is 4.62. The van der Waals surface area contributed by atoms with Crippen molar-refractivity contribution < 1.29 is 0 Å². The van der Waals surface area contributed by atoms with Crippen molar-refractivity contribution in [1.82, 2.24) is 14.4 Å². The van der Waals surface area contributed by atoms with Gasteiger partial charge in [0.05, 0.1) is 16.7 Å². The fourth-order valence-corrected chi connectivity index (χ4v) is 2.34. The van der Waals surface area contributed by atoms with Gasteiger partial charge in [0.15, 0.2) is 5.82 Å². The lowest BCUT2D eigenvalue weighted by Crippen LogP contribution is -2.00. The molecule has 3 rings (SSSR count). The molecule has 0 atom stereocenters.